The summed E-state index contributed by atoms with van der Waals surface area (Å²) in [5, 5.41) is 0. The summed E-state index contributed by atoms with van der Waals surface area (Å²) in [5.74, 6) is 4.05. The van der Waals surface area contributed by atoms with Crippen molar-refractivity contribution in [1.29, 1.82) is 0 Å². The van der Waals surface area contributed by atoms with E-state index < -0.39 is 11.8 Å². The lowest BCUT2D eigenvalue weighted by atomic mass is 10.1. The van der Waals surface area contributed by atoms with Crippen molar-refractivity contribution < 1.29 is 18.7 Å². The first kappa shape index (κ1) is 12.9. The van der Waals surface area contributed by atoms with E-state index in [-0.39, 0.29) is 17.5 Å². The molecule has 0 spiro atoms. The number of carbonyl (C=O) groups is 2. The highest BCUT2D eigenvalue weighted by Crippen LogP contribution is 2.09. The van der Waals surface area contributed by atoms with Crippen LogP contribution in [-0.4, -0.2) is 18.9 Å². The van der Waals surface area contributed by atoms with Gasteiger partial charge < -0.3 is 4.74 Å². The van der Waals surface area contributed by atoms with Crippen molar-refractivity contribution in [2.24, 2.45) is 0 Å². The molecule has 0 unspecified atom stereocenters. The van der Waals surface area contributed by atoms with Crippen LogP contribution in [0.2, 0.25) is 0 Å². The Morgan fingerprint density at radius 3 is 2.94 bits per heavy atom. The molecular weight excluding hydrogens is 223 g/mol. The Morgan fingerprint density at radius 2 is 2.29 bits per heavy atom. The van der Waals surface area contributed by atoms with Gasteiger partial charge in [-0.25, -0.2) is 4.39 Å². The highest BCUT2D eigenvalue weighted by molar-refractivity contribution is 5.80. The first-order valence-corrected chi connectivity index (χ1v) is 5.07. The van der Waals surface area contributed by atoms with Crippen molar-refractivity contribution in [3.63, 3.8) is 0 Å². The van der Waals surface area contributed by atoms with Gasteiger partial charge in [0.15, 0.2) is 6.29 Å². The van der Waals surface area contributed by atoms with Gasteiger partial charge in [0.25, 0.3) is 0 Å². The third kappa shape index (κ3) is 3.72. The molecule has 0 heterocycles. The molecule has 0 bridgehead atoms. The predicted molar refractivity (Wildman–Crippen MR) is 59.9 cm³/mol. The van der Waals surface area contributed by atoms with Gasteiger partial charge >= 0.3 is 5.97 Å². The summed E-state index contributed by atoms with van der Waals surface area (Å²) in [6.07, 6.45) is 0.326. The standard InChI is InChI=1S/C13H11FO3/c1-2-17-13(16)8-4-6-10-5-3-7-12(14)11(10)9-15/h3,5,7,9H,2,8H2,1H3. The van der Waals surface area contributed by atoms with E-state index in [0.717, 1.165) is 0 Å². The van der Waals surface area contributed by atoms with E-state index in [1.54, 1.807) is 6.92 Å². The summed E-state index contributed by atoms with van der Waals surface area (Å²) >= 11 is 0. The minimum atomic E-state index is -0.622. The zero-order valence-corrected chi connectivity index (χ0v) is 9.33. The van der Waals surface area contributed by atoms with Gasteiger partial charge in [0.05, 0.1) is 12.2 Å². The fourth-order valence-corrected chi connectivity index (χ4v) is 1.19. The van der Waals surface area contributed by atoms with Gasteiger partial charge in [-0.15, -0.1) is 0 Å². The number of carbonyl (C=O) groups excluding carboxylic acids is 2. The number of benzene rings is 1. The Labute approximate surface area is 98.6 Å². The number of hydrogen-bond donors (Lipinski definition) is 0. The Kier molecular flexibility index (Phi) is 4.89. The molecule has 88 valence electrons. The molecule has 0 atom stereocenters. The van der Waals surface area contributed by atoms with Gasteiger partial charge in [-0.2, -0.15) is 0 Å². The molecule has 0 fully saturated rings. The maximum atomic E-state index is 13.2. The first-order chi connectivity index (χ1) is 8.19. The fourth-order valence-electron chi connectivity index (χ4n) is 1.19. The Morgan fingerprint density at radius 1 is 1.53 bits per heavy atom. The second-order valence-corrected chi connectivity index (χ2v) is 3.10. The molecule has 1 aromatic rings. The molecule has 0 N–H and O–H groups in total. The van der Waals surface area contributed by atoms with Gasteiger partial charge in [-0.1, -0.05) is 17.9 Å². The number of ether oxygens (including phenoxy) is 1. The minimum absolute atomic E-state index is 0.0807. The van der Waals surface area contributed by atoms with E-state index in [9.17, 15) is 14.0 Å². The molecule has 0 aliphatic heterocycles. The predicted octanol–water partition coefficient (Wildman–Crippen LogP) is 1.94. The average Bonchev–Trinajstić information content (AvgIpc) is 2.29. The molecule has 17 heavy (non-hydrogen) atoms. The number of rotatable bonds is 3. The second-order valence-electron chi connectivity index (χ2n) is 3.10. The van der Waals surface area contributed by atoms with Crippen LogP contribution in [0.15, 0.2) is 18.2 Å². The zero-order chi connectivity index (χ0) is 12.7. The Hall–Kier alpha value is -2.15. The summed E-state index contributed by atoms with van der Waals surface area (Å²) in [6, 6.07) is 4.15. The fraction of sp³-hybridized carbons (Fsp3) is 0.231. The van der Waals surface area contributed by atoms with Crippen LogP contribution in [0.5, 0.6) is 0 Å². The third-order valence-corrected chi connectivity index (χ3v) is 1.93. The lowest BCUT2D eigenvalue weighted by molar-refractivity contribution is -0.141. The van der Waals surface area contributed by atoms with Crippen LogP contribution in [0.1, 0.15) is 29.3 Å². The summed E-state index contributed by atoms with van der Waals surface area (Å²) in [7, 11) is 0. The quantitative estimate of drug-likeness (QED) is 0.456. The van der Waals surface area contributed by atoms with Crippen LogP contribution in [0, 0.1) is 17.7 Å². The van der Waals surface area contributed by atoms with Crippen LogP contribution in [0.3, 0.4) is 0 Å². The Bertz CT molecular complexity index is 483. The van der Waals surface area contributed by atoms with Crippen LogP contribution in [-0.2, 0) is 9.53 Å². The molecule has 0 saturated heterocycles. The zero-order valence-electron chi connectivity index (χ0n) is 9.33. The van der Waals surface area contributed by atoms with Crippen molar-refractivity contribution in [2.45, 2.75) is 13.3 Å². The molecule has 0 saturated carbocycles. The molecule has 1 aromatic carbocycles. The van der Waals surface area contributed by atoms with E-state index in [2.05, 4.69) is 16.6 Å². The van der Waals surface area contributed by atoms with Gasteiger partial charge in [-0.3, -0.25) is 9.59 Å². The maximum absolute atomic E-state index is 13.2. The number of halogens is 1. The summed E-state index contributed by atoms with van der Waals surface area (Å²) in [6.45, 7) is 1.99. The summed E-state index contributed by atoms with van der Waals surface area (Å²) < 4.78 is 17.8. The van der Waals surface area contributed by atoms with E-state index in [4.69, 9.17) is 0 Å². The van der Waals surface area contributed by atoms with Crippen molar-refractivity contribution in [3.8, 4) is 11.8 Å². The van der Waals surface area contributed by atoms with Crippen molar-refractivity contribution in [3.05, 3.63) is 35.1 Å². The molecule has 0 aliphatic rings. The van der Waals surface area contributed by atoms with E-state index in [1.807, 2.05) is 0 Å². The van der Waals surface area contributed by atoms with Crippen LogP contribution in [0.25, 0.3) is 0 Å². The normalized spacial score (nSPS) is 9.06. The smallest absolute Gasteiger partial charge is 0.317 e. The van der Waals surface area contributed by atoms with Crippen molar-refractivity contribution >= 4 is 12.3 Å². The van der Waals surface area contributed by atoms with Crippen molar-refractivity contribution in [1.82, 2.24) is 0 Å². The SMILES string of the molecule is CCOC(=O)CC#Cc1cccc(F)c1C=O. The highest BCUT2D eigenvalue weighted by Gasteiger charge is 2.04. The molecular formula is C13H11FO3. The first-order valence-electron chi connectivity index (χ1n) is 5.07. The van der Waals surface area contributed by atoms with Crippen LogP contribution >= 0.6 is 0 Å². The van der Waals surface area contributed by atoms with E-state index in [0.29, 0.717) is 12.9 Å². The molecule has 0 radical (unpaired) electrons. The third-order valence-electron chi connectivity index (χ3n) is 1.93. The molecule has 0 aliphatic carbocycles. The molecule has 1 rings (SSSR count). The number of hydrogen-bond acceptors (Lipinski definition) is 3. The van der Waals surface area contributed by atoms with Crippen molar-refractivity contribution in [2.75, 3.05) is 6.61 Å². The van der Waals surface area contributed by atoms with Gasteiger partial charge in [0.1, 0.15) is 12.2 Å². The van der Waals surface area contributed by atoms with E-state index >= 15 is 0 Å². The maximum Gasteiger partial charge on any atom is 0.317 e. The van der Waals surface area contributed by atoms with Gasteiger partial charge in [0, 0.05) is 5.56 Å². The Balaban J connectivity index is 2.82. The summed E-state index contributed by atoms with van der Waals surface area (Å²) in [5.41, 5.74) is 0.174. The molecule has 4 heteroatoms. The van der Waals surface area contributed by atoms with Gasteiger partial charge in [-0.05, 0) is 19.1 Å². The van der Waals surface area contributed by atoms with Crippen LogP contribution in [0.4, 0.5) is 4.39 Å². The summed E-state index contributed by atoms with van der Waals surface area (Å²) in [4.78, 5) is 21.6. The lowest BCUT2D eigenvalue weighted by Gasteiger charge is -1.97. The topological polar surface area (TPSA) is 43.4 Å². The second kappa shape index (κ2) is 6.44. The lowest BCUT2D eigenvalue weighted by Crippen LogP contribution is -2.01. The largest absolute Gasteiger partial charge is 0.465 e. The molecule has 0 amide bonds. The van der Waals surface area contributed by atoms with E-state index in [1.165, 1.54) is 18.2 Å². The van der Waals surface area contributed by atoms with Crippen LogP contribution < -0.4 is 0 Å². The highest BCUT2D eigenvalue weighted by atomic mass is 19.1. The van der Waals surface area contributed by atoms with Gasteiger partial charge in [0.2, 0.25) is 0 Å². The molecule has 0 aromatic heterocycles. The monoisotopic (exact) mass is 234 g/mol. The minimum Gasteiger partial charge on any atom is -0.465 e. The number of esters is 1. The number of aldehydes is 1. The average molecular weight is 234 g/mol. The molecule has 3 nitrogen and oxygen atoms in total.